The van der Waals surface area contributed by atoms with Crippen LogP contribution in [-0.2, 0) is 0 Å². The van der Waals surface area contributed by atoms with Crippen LogP contribution in [0.4, 0.5) is 11.4 Å². The quantitative estimate of drug-likeness (QED) is 0.606. The zero-order valence-electron chi connectivity index (χ0n) is 11.0. The third-order valence-electron chi connectivity index (χ3n) is 2.66. The zero-order valence-corrected chi connectivity index (χ0v) is 11.0. The first-order valence-electron chi connectivity index (χ1n) is 6.03. The van der Waals surface area contributed by atoms with Gasteiger partial charge in [0.25, 0.3) is 5.69 Å². The second-order valence-electron chi connectivity index (χ2n) is 4.75. The Morgan fingerprint density at radius 3 is 2.68 bits per heavy atom. The number of nitriles is 1. The summed E-state index contributed by atoms with van der Waals surface area (Å²) in [4.78, 5) is 10.4. The predicted molar refractivity (Wildman–Crippen MR) is 71.8 cm³/mol. The summed E-state index contributed by atoms with van der Waals surface area (Å²) >= 11 is 0. The molecule has 102 valence electrons. The highest BCUT2D eigenvalue weighted by Crippen LogP contribution is 2.26. The number of benzene rings is 1. The van der Waals surface area contributed by atoms with Gasteiger partial charge in [0, 0.05) is 12.1 Å². The van der Waals surface area contributed by atoms with Gasteiger partial charge in [0.2, 0.25) is 0 Å². The fourth-order valence-corrected chi connectivity index (χ4v) is 1.85. The number of nitrogens with one attached hydrogen (secondary N) is 1. The van der Waals surface area contributed by atoms with Gasteiger partial charge in [-0.15, -0.1) is 0 Å². The lowest BCUT2D eigenvalue weighted by Crippen LogP contribution is -2.26. The average Bonchev–Trinajstić information content (AvgIpc) is 2.36. The summed E-state index contributed by atoms with van der Waals surface area (Å²) in [5.41, 5.74) is 0.513. The summed E-state index contributed by atoms with van der Waals surface area (Å²) < 4.78 is 0. The fraction of sp³-hybridized carbons (Fsp3) is 0.462. The number of nitro benzene ring substituents is 1. The highest BCUT2D eigenvalue weighted by atomic mass is 16.6. The topological polar surface area (TPSA) is 99.2 Å². The van der Waals surface area contributed by atoms with E-state index in [0.29, 0.717) is 17.9 Å². The molecule has 2 N–H and O–H groups in total. The van der Waals surface area contributed by atoms with Crippen LogP contribution in [0, 0.1) is 27.4 Å². The molecule has 0 spiro atoms. The minimum absolute atomic E-state index is 0.0961. The fourth-order valence-electron chi connectivity index (χ4n) is 1.85. The van der Waals surface area contributed by atoms with E-state index in [2.05, 4.69) is 5.32 Å². The van der Waals surface area contributed by atoms with Crippen molar-refractivity contribution in [1.29, 1.82) is 5.26 Å². The molecule has 0 aliphatic heterocycles. The lowest BCUT2D eigenvalue weighted by Gasteiger charge is -2.19. The average molecular weight is 263 g/mol. The Kier molecular flexibility index (Phi) is 5.27. The summed E-state index contributed by atoms with van der Waals surface area (Å²) in [5.74, 6) is 0.350. The van der Waals surface area contributed by atoms with Crippen molar-refractivity contribution in [3.8, 4) is 6.07 Å². The Balaban J connectivity index is 3.02. The Morgan fingerprint density at radius 2 is 2.21 bits per heavy atom. The van der Waals surface area contributed by atoms with E-state index in [9.17, 15) is 15.2 Å². The minimum atomic E-state index is -0.507. The molecule has 0 fully saturated rings. The van der Waals surface area contributed by atoms with Crippen molar-refractivity contribution < 1.29 is 10.0 Å². The SMILES string of the molecule is CC(C)CC(CO)Nc1cc(C#N)ccc1[N+](=O)[O-]. The van der Waals surface area contributed by atoms with Gasteiger partial charge in [-0.2, -0.15) is 5.26 Å². The number of hydrogen-bond donors (Lipinski definition) is 2. The van der Waals surface area contributed by atoms with Gasteiger partial charge in [-0.05, 0) is 24.5 Å². The van der Waals surface area contributed by atoms with Crippen LogP contribution in [0.25, 0.3) is 0 Å². The Bertz CT molecular complexity index is 494. The van der Waals surface area contributed by atoms with Crippen LogP contribution in [0.5, 0.6) is 0 Å². The number of hydrogen-bond acceptors (Lipinski definition) is 5. The summed E-state index contributed by atoms with van der Waals surface area (Å²) in [6, 6.07) is 5.80. The first-order chi connectivity index (χ1) is 8.97. The number of rotatable bonds is 6. The first-order valence-corrected chi connectivity index (χ1v) is 6.03. The Hall–Kier alpha value is -2.13. The van der Waals surface area contributed by atoms with Gasteiger partial charge in [-0.25, -0.2) is 0 Å². The maximum Gasteiger partial charge on any atom is 0.292 e. The van der Waals surface area contributed by atoms with E-state index in [-0.39, 0.29) is 24.0 Å². The van der Waals surface area contributed by atoms with Crippen molar-refractivity contribution in [2.24, 2.45) is 5.92 Å². The van der Waals surface area contributed by atoms with Gasteiger partial charge < -0.3 is 10.4 Å². The molecule has 6 nitrogen and oxygen atoms in total. The largest absolute Gasteiger partial charge is 0.394 e. The van der Waals surface area contributed by atoms with Gasteiger partial charge >= 0.3 is 0 Å². The van der Waals surface area contributed by atoms with E-state index in [1.54, 1.807) is 0 Å². The second-order valence-corrected chi connectivity index (χ2v) is 4.75. The van der Waals surface area contributed by atoms with Crippen molar-refractivity contribution >= 4 is 11.4 Å². The summed E-state index contributed by atoms with van der Waals surface area (Å²) in [7, 11) is 0. The first kappa shape index (κ1) is 14.9. The van der Waals surface area contributed by atoms with E-state index in [1.165, 1.54) is 18.2 Å². The van der Waals surface area contributed by atoms with E-state index >= 15 is 0 Å². The molecule has 0 amide bonds. The second kappa shape index (κ2) is 6.71. The molecular formula is C13H17N3O3. The smallest absolute Gasteiger partial charge is 0.292 e. The molecule has 0 aliphatic rings. The third kappa shape index (κ3) is 4.23. The summed E-state index contributed by atoms with van der Waals surface area (Å²) in [6.07, 6.45) is 0.685. The van der Waals surface area contributed by atoms with E-state index in [4.69, 9.17) is 5.26 Å². The van der Waals surface area contributed by atoms with E-state index < -0.39 is 4.92 Å². The molecule has 19 heavy (non-hydrogen) atoms. The monoisotopic (exact) mass is 263 g/mol. The zero-order chi connectivity index (χ0) is 14.4. The normalized spacial score (nSPS) is 11.9. The number of nitrogens with zero attached hydrogens (tertiary/aromatic N) is 2. The Morgan fingerprint density at radius 1 is 1.53 bits per heavy atom. The molecule has 1 aromatic rings. The van der Waals surface area contributed by atoms with E-state index in [0.717, 1.165) is 0 Å². The third-order valence-corrected chi connectivity index (χ3v) is 2.66. The van der Waals surface area contributed by atoms with Gasteiger partial charge in [-0.3, -0.25) is 10.1 Å². The maximum absolute atomic E-state index is 10.9. The predicted octanol–water partition coefficient (Wildman–Crippen LogP) is 2.29. The number of nitro groups is 1. The molecule has 0 aromatic heterocycles. The molecule has 0 heterocycles. The highest BCUT2D eigenvalue weighted by Gasteiger charge is 2.18. The lowest BCUT2D eigenvalue weighted by atomic mass is 10.0. The summed E-state index contributed by atoms with van der Waals surface area (Å²) in [5, 5.41) is 32.0. The molecular weight excluding hydrogens is 246 g/mol. The molecule has 0 bridgehead atoms. The van der Waals surface area contributed by atoms with Gasteiger partial charge in [0.1, 0.15) is 5.69 Å². The molecule has 0 saturated heterocycles. The molecule has 1 unspecified atom stereocenters. The molecule has 0 aliphatic carbocycles. The lowest BCUT2D eigenvalue weighted by molar-refractivity contribution is -0.384. The molecule has 6 heteroatoms. The highest BCUT2D eigenvalue weighted by molar-refractivity contribution is 5.64. The molecule has 1 aromatic carbocycles. The van der Waals surface area contributed by atoms with Crippen molar-refractivity contribution in [2.75, 3.05) is 11.9 Å². The van der Waals surface area contributed by atoms with Crippen molar-refractivity contribution in [3.05, 3.63) is 33.9 Å². The number of aliphatic hydroxyl groups is 1. The standard InChI is InChI=1S/C13H17N3O3/c1-9(2)5-11(8-17)15-12-6-10(7-14)3-4-13(12)16(18)19/h3-4,6,9,11,15,17H,5,8H2,1-2H3. The molecule has 1 atom stereocenters. The molecule has 0 saturated carbocycles. The summed E-state index contributed by atoms with van der Waals surface area (Å²) in [6.45, 7) is 3.89. The van der Waals surface area contributed by atoms with Crippen molar-refractivity contribution in [2.45, 2.75) is 26.3 Å². The number of aliphatic hydroxyl groups excluding tert-OH is 1. The van der Waals surface area contributed by atoms with Crippen LogP contribution in [0.2, 0.25) is 0 Å². The van der Waals surface area contributed by atoms with Crippen LogP contribution < -0.4 is 5.32 Å². The number of anilines is 1. The van der Waals surface area contributed by atoms with Crippen LogP contribution >= 0.6 is 0 Å². The van der Waals surface area contributed by atoms with Crippen LogP contribution in [-0.4, -0.2) is 22.7 Å². The minimum Gasteiger partial charge on any atom is -0.394 e. The van der Waals surface area contributed by atoms with E-state index in [1.807, 2.05) is 19.9 Å². The van der Waals surface area contributed by atoms with Crippen LogP contribution in [0.3, 0.4) is 0 Å². The van der Waals surface area contributed by atoms with Gasteiger partial charge in [0.15, 0.2) is 0 Å². The van der Waals surface area contributed by atoms with Gasteiger partial charge in [0.05, 0.1) is 23.2 Å². The molecule has 1 rings (SSSR count). The van der Waals surface area contributed by atoms with Crippen LogP contribution in [0.1, 0.15) is 25.8 Å². The molecule has 0 radical (unpaired) electrons. The maximum atomic E-state index is 10.9. The van der Waals surface area contributed by atoms with Crippen molar-refractivity contribution in [3.63, 3.8) is 0 Å². The van der Waals surface area contributed by atoms with Crippen molar-refractivity contribution in [1.82, 2.24) is 0 Å². The van der Waals surface area contributed by atoms with Gasteiger partial charge in [-0.1, -0.05) is 13.8 Å². The Labute approximate surface area is 111 Å². The van der Waals surface area contributed by atoms with Crippen LogP contribution in [0.15, 0.2) is 18.2 Å².